The number of amides is 1. The van der Waals surface area contributed by atoms with Gasteiger partial charge in [-0.1, -0.05) is 0 Å². The molecule has 0 N–H and O–H groups in total. The van der Waals surface area contributed by atoms with E-state index >= 15 is 0 Å². The smallest absolute Gasteiger partial charge is 0.222 e. The van der Waals surface area contributed by atoms with Crippen molar-refractivity contribution in [2.75, 3.05) is 26.4 Å². The van der Waals surface area contributed by atoms with E-state index in [0.29, 0.717) is 51.8 Å². The lowest BCUT2D eigenvalue weighted by atomic mass is 10.0. The number of carbonyl (C=O) groups is 1. The van der Waals surface area contributed by atoms with Crippen molar-refractivity contribution in [1.29, 1.82) is 0 Å². The van der Waals surface area contributed by atoms with Crippen LogP contribution < -0.4 is 0 Å². The molecule has 1 fully saturated rings. The predicted molar refractivity (Wildman–Crippen MR) is 71.8 cm³/mol. The molecule has 5 nitrogen and oxygen atoms in total. The van der Waals surface area contributed by atoms with Crippen LogP contribution in [0.4, 0.5) is 4.39 Å². The summed E-state index contributed by atoms with van der Waals surface area (Å²) in [6.07, 6.45) is 7.74. The highest BCUT2D eigenvalue weighted by Crippen LogP contribution is 2.37. The normalized spacial score (nSPS) is 23.4. The maximum Gasteiger partial charge on any atom is 0.222 e. The average molecular weight is 281 g/mol. The van der Waals surface area contributed by atoms with Crippen LogP contribution in [0.3, 0.4) is 0 Å². The van der Waals surface area contributed by atoms with Crippen LogP contribution in [0.5, 0.6) is 0 Å². The highest BCUT2D eigenvalue weighted by molar-refractivity contribution is 5.76. The van der Waals surface area contributed by atoms with Gasteiger partial charge in [0, 0.05) is 45.2 Å². The summed E-state index contributed by atoms with van der Waals surface area (Å²) in [5, 5.41) is 8.03. The summed E-state index contributed by atoms with van der Waals surface area (Å²) >= 11 is 0. The third-order valence-corrected chi connectivity index (χ3v) is 3.71. The van der Waals surface area contributed by atoms with Gasteiger partial charge in [-0.15, -0.1) is 12.3 Å². The van der Waals surface area contributed by atoms with Gasteiger partial charge < -0.3 is 9.64 Å². The van der Waals surface area contributed by atoms with Gasteiger partial charge in [0.2, 0.25) is 5.91 Å². The Morgan fingerprint density at radius 1 is 1.50 bits per heavy atom. The van der Waals surface area contributed by atoms with Crippen molar-refractivity contribution in [2.45, 2.75) is 43.9 Å². The van der Waals surface area contributed by atoms with Crippen molar-refractivity contribution >= 4 is 5.91 Å². The Morgan fingerprint density at radius 2 is 2.30 bits per heavy atom. The van der Waals surface area contributed by atoms with Crippen LogP contribution in [0.2, 0.25) is 0 Å². The Hall–Kier alpha value is -1.48. The van der Waals surface area contributed by atoms with E-state index in [1.54, 1.807) is 4.90 Å². The second-order valence-electron chi connectivity index (χ2n) is 5.20. The molecule has 1 saturated heterocycles. The number of carbonyl (C=O) groups excluding carboxylic acids is 1. The average Bonchev–Trinajstić information content (AvgIpc) is 3.24. The van der Waals surface area contributed by atoms with Crippen LogP contribution in [0.15, 0.2) is 10.2 Å². The largest absolute Gasteiger partial charge is 0.374 e. The van der Waals surface area contributed by atoms with Crippen molar-refractivity contribution in [2.24, 2.45) is 10.2 Å². The third kappa shape index (κ3) is 4.01. The lowest BCUT2D eigenvalue weighted by Gasteiger charge is -2.32. The van der Waals surface area contributed by atoms with Gasteiger partial charge in [0.15, 0.2) is 5.66 Å². The Balaban J connectivity index is 1.73. The van der Waals surface area contributed by atoms with Crippen LogP contribution >= 0.6 is 0 Å². The Labute approximate surface area is 118 Å². The first-order chi connectivity index (χ1) is 9.69. The fraction of sp³-hybridized carbons (Fsp3) is 0.786. The fourth-order valence-electron chi connectivity index (χ4n) is 2.38. The number of morpholine rings is 1. The molecule has 0 aliphatic carbocycles. The summed E-state index contributed by atoms with van der Waals surface area (Å²) in [4.78, 5) is 13.9. The first-order valence-corrected chi connectivity index (χ1v) is 7.02. The van der Waals surface area contributed by atoms with E-state index in [4.69, 9.17) is 11.2 Å². The van der Waals surface area contributed by atoms with Gasteiger partial charge in [0.25, 0.3) is 0 Å². The molecule has 0 saturated carbocycles. The molecule has 2 aliphatic heterocycles. The lowest BCUT2D eigenvalue weighted by Crippen LogP contribution is -2.46. The van der Waals surface area contributed by atoms with Crippen LogP contribution in [-0.2, 0) is 9.53 Å². The number of ether oxygens (including phenoxy) is 1. The summed E-state index contributed by atoms with van der Waals surface area (Å²) in [5.74, 6) is 2.63. The van der Waals surface area contributed by atoms with Crippen molar-refractivity contribution in [1.82, 2.24) is 4.90 Å². The molecule has 0 aromatic rings. The van der Waals surface area contributed by atoms with Crippen LogP contribution in [0, 0.1) is 12.3 Å². The van der Waals surface area contributed by atoms with Crippen molar-refractivity contribution in [3.05, 3.63) is 0 Å². The second-order valence-corrected chi connectivity index (χ2v) is 5.20. The van der Waals surface area contributed by atoms with Gasteiger partial charge >= 0.3 is 0 Å². The van der Waals surface area contributed by atoms with Gasteiger partial charge in [-0.3, -0.25) is 9.18 Å². The Bertz CT molecular complexity index is 411. The molecular weight excluding hydrogens is 261 g/mol. The molecule has 0 bridgehead atoms. The molecule has 110 valence electrons. The number of hydrogen-bond donors (Lipinski definition) is 0. The van der Waals surface area contributed by atoms with E-state index in [1.165, 1.54) is 0 Å². The molecule has 2 aliphatic rings. The maximum absolute atomic E-state index is 12.3. The lowest BCUT2D eigenvalue weighted by molar-refractivity contribution is -0.139. The standard InChI is InChI=1S/C14H20FN3O2/c1-2-3-6-14(16-17-14)7-4-13(19)18-9-10-20-12(11-18)5-8-15/h1,12H,3-11H2. The summed E-state index contributed by atoms with van der Waals surface area (Å²) in [5.41, 5.74) is -0.410. The minimum atomic E-state index is -0.417. The molecule has 1 amide bonds. The van der Waals surface area contributed by atoms with Crippen LogP contribution in [0.25, 0.3) is 0 Å². The van der Waals surface area contributed by atoms with Crippen LogP contribution in [0.1, 0.15) is 32.1 Å². The summed E-state index contributed by atoms with van der Waals surface area (Å²) in [7, 11) is 0. The SMILES string of the molecule is C#CCCC1(CCC(=O)N2CCOC(CCF)C2)N=N1. The fourth-order valence-corrected chi connectivity index (χ4v) is 2.38. The second kappa shape index (κ2) is 6.80. The zero-order valence-corrected chi connectivity index (χ0v) is 11.6. The van der Waals surface area contributed by atoms with Gasteiger partial charge in [-0.2, -0.15) is 10.2 Å². The van der Waals surface area contributed by atoms with Gasteiger partial charge in [0.1, 0.15) is 0 Å². The Kier molecular flexibility index (Phi) is 5.07. The molecule has 6 heteroatoms. The highest BCUT2D eigenvalue weighted by atomic mass is 19.1. The van der Waals surface area contributed by atoms with E-state index in [9.17, 15) is 9.18 Å². The third-order valence-electron chi connectivity index (χ3n) is 3.71. The van der Waals surface area contributed by atoms with E-state index in [0.717, 1.165) is 0 Å². The molecule has 20 heavy (non-hydrogen) atoms. The summed E-state index contributed by atoms with van der Waals surface area (Å²) < 4.78 is 17.7. The highest BCUT2D eigenvalue weighted by Gasteiger charge is 2.39. The molecule has 1 atom stereocenters. The minimum Gasteiger partial charge on any atom is -0.374 e. The quantitative estimate of drug-likeness (QED) is 0.670. The van der Waals surface area contributed by atoms with Crippen LogP contribution in [-0.4, -0.2) is 48.9 Å². The van der Waals surface area contributed by atoms with Crippen molar-refractivity contribution < 1.29 is 13.9 Å². The molecule has 2 heterocycles. The predicted octanol–water partition coefficient (Wildman–Crippen LogP) is 1.93. The number of alkyl halides is 1. The van der Waals surface area contributed by atoms with Crippen molar-refractivity contribution in [3.63, 3.8) is 0 Å². The topological polar surface area (TPSA) is 54.3 Å². The molecular formula is C14H20FN3O2. The summed E-state index contributed by atoms with van der Waals surface area (Å²) in [6, 6.07) is 0. The van der Waals surface area contributed by atoms with Gasteiger partial charge in [0.05, 0.1) is 19.4 Å². The molecule has 2 rings (SSSR count). The summed E-state index contributed by atoms with van der Waals surface area (Å²) in [6.45, 7) is 1.12. The molecule has 1 unspecified atom stereocenters. The molecule has 0 radical (unpaired) electrons. The number of nitrogens with zero attached hydrogens (tertiary/aromatic N) is 3. The van der Waals surface area contributed by atoms with E-state index in [-0.39, 0.29) is 12.0 Å². The van der Waals surface area contributed by atoms with Crippen molar-refractivity contribution in [3.8, 4) is 12.3 Å². The Morgan fingerprint density at radius 3 is 2.95 bits per heavy atom. The first-order valence-electron chi connectivity index (χ1n) is 7.02. The van der Waals surface area contributed by atoms with E-state index in [1.807, 2.05) is 0 Å². The zero-order chi connectivity index (χ0) is 14.4. The van der Waals surface area contributed by atoms with E-state index < -0.39 is 12.3 Å². The van der Waals surface area contributed by atoms with E-state index in [2.05, 4.69) is 16.1 Å². The molecule has 0 aromatic heterocycles. The first kappa shape index (κ1) is 14.9. The van der Waals surface area contributed by atoms with Gasteiger partial charge in [-0.25, -0.2) is 0 Å². The number of hydrogen-bond acceptors (Lipinski definition) is 4. The van der Waals surface area contributed by atoms with Gasteiger partial charge in [-0.05, 0) is 0 Å². The minimum absolute atomic E-state index is 0.0644. The molecule has 0 spiro atoms. The number of halogens is 1. The zero-order valence-electron chi connectivity index (χ0n) is 11.6. The number of terminal acetylenes is 1. The number of rotatable bonds is 7. The monoisotopic (exact) mass is 281 g/mol. The maximum atomic E-state index is 12.3. The molecule has 0 aromatic carbocycles.